The summed E-state index contributed by atoms with van der Waals surface area (Å²) >= 11 is 0. The predicted octanol–water partition coefficient (Wildman–Crippen LogP) is 13.7. The number of hydrogen-bond acceptors (Lipinski definition) is 2. The average molecular weight is 604 g/mol. The molecule has 0 aromatic rings. The Morgan fingerprint density at radius 1 is 0.395 bits per heavy atom. The van der Waals surface area contributed by atoms with Gasteiger partial charge in [0.25, 0.3) is 0 Å². The minimum atomic E-state index is -0.280. The van der Waals surface area contributed by atoms with E-state index in [4.69, 9.17) is 0 Å². The maximum atomic E-state index is 10.8. The summed E-state index contributed by atoms with van der Waals surface area (Å²) in [6.07, 6.45) is 51.3. The Morgan fingerprint density at radius 3 is 0.930 bits per heavy atom. The second-order valence-corrected chi connectivity index (χ2v) is 13.9. The highest BCUT2D eigenvalue weighted by atomic mass is 16.3. The third kappa shape index (κ3) is 32.6. The van der Waals surface area contributed by atoms with Crippen LogP contribution in [0.1, 0.15) is 213 Å². The molecule has 2 heteroatoms. The highest BCUT2D eigenvalue weighted by molar-refractivity contribution is 4.82. The minimum absolute atomic E-state index is 0.280. The Kier molecular flexibility index (Phi) is 35.4. The van der Waals surface area contributed by atoms with Crippen molar-refractivity contribution in [2.75, 3.05) is 14.1 Å². The third-order valence-electron chi connectivity index (χ3n) is 9.37. The summed E-state index contributed by atoms with van der Waals surface area (Å²) in [5, 5.41) is 10.8. The number of unbranched alkanes of at least 4 members (excludes halogenated alkanes) is 25. The van der Waals surface area contributed by atoms with Crippen LogP contribution in [0.5, 0.6) is 0 Å². The first-order chi connectivity index (χ1) is 21.1. The topological polar surface area (TPSA) is 23.5 Å². The van der Waals surface area contributed by atoms with E-state index in [1.54, 1.807) is 0 Å². The van der Waals surface area contributed by atoms with Crippen molar-refractivity contribution < 1.29 is 5.11 Å². The highest BCUT2D eigenvalue weighted by Gasteiger charge is 2.20. The van der Waals surface area contributed by atoms with E-state index < -0.39 is 0 Å². The van der Waals surface area contributed by atoms with Gasteiger partial charge in [0.1, 0.15) is 6.23 Å². The van der Waals surface area contributed by atoms with Gasteiger partial charge in [0.15, 0.2) is 0 Å². The fourth-order valence-corrected chi connectivity index (χ4v) is 6.35. The van der Waals surface area contributed by atoms with Crippen molar-refractivity contribution in [3.63, 3.8) is 0 Å². The normalized spacial score (nSPS) is 13.6. The lowest BCUT2D eigenvalue weighted by molar-refractivity contribution is -0.0176. The van der Waals surface area contributed by atoms with E-state index >= 15 is 0 Å². The van der Waals surface area contributed by atoms with Gasteiger partial charge in [-0.15, -0.1) is 0 Å². The SMILES string of the molecule is CCCCCCCCC=CCCCCCCCCCC(CCCCCCCCC=CCCCCCCCC)C(O)N(C)C. The Bertz CT molecular complexity index is 568. The fourth-order valence-electron chi connectivity index (χ4n) is 6.35. The Labute approximate surface area is 273 Å². The van der Waals surface area contributed by atoms with Gasteiger partial charge in [-0.2, -0.15) is 0 Å². The van der Waals surface area contributed by atoms with Crippen molar-refractivity contribution in [1.29, 1.82) is 0 Å². The van der Waals surface area contributed by atoms with Gasteiger partial charge in [0, 0.05) is 0 Å². The smallest absolute Gasteiger partial charge is 0.109 e. The summed E-state index contributed by atoms with van der Waals surface area (Å²) in [5.74, 6) is 0.440. The summed E-state index contributed by atoms with van der Waals surface area (Å²) in [5.41, 5.74) is 0. The molecular weight excluding hydrogens is 522 g/mol. The van der Waals surface area contributed by atoms with Crippen molar-refractivity contribution >= 4 is 0 Å². The summed E-state index contributed by atoms with van der Waals surface area (Å²) < 4.78 is 0. The number of aliphatic hydroxyl groups is 1. The van der Waals surface area contributed by atoms with Gasteiger partial charge in [-0.3, -0.25) is 4.90 Å². The van der Waals surface area contributed by atoms with Gasteiger partial charge < -0.3 is 5.11 Å². The van der Waals surface area contributed by atoms with E-state index in [0.29, 0.717) is 5.92 Å². The van der Waals surface area contributed by atoms with E-state index in [-0.39, 0.29) is 6.23 Å². The van der Waals surface area contributed by atoms with Crippen LogP contribution in [0.3, 0.4) is 0 Å². The Morgan fingerprint density at radius 2 is 0.651 bits per heavy atom. The van der Waals surface area contributed by atoms with Gasteiger partial charge in [-0.1, -0.05) is 173 Å². The molecule has 0 saturated heterocycles. The highest BCUT2D eigenvalue weighted by Crippen LogP contribution is 2.23. The van der Waals surface area contributed by atoms with E-state index in [1.807, 2.05) is 19.0 Å². The fraction of sp³-hybridized carbons (Fsp3) is 0.902. The zero-order valence-corrected chi connectivity index (χ0v) is 30.3. The number of allylic oxidation sites excluding steroid dienone is 4. The second kappa shape index (κ2) is 35.9. The van der Waals surface area contributed by atoms with Crippen molar-refractivity contribution in [3.8, 4) is 0 Å². The Balaban J connectivity index is 3.67. The molecule has 0 fully saturated rings. The van der Waals surface area contributed by atoms with E-state index in [2.05, 4.69) is 38.2 Å². The second-order valence-electron chi connectivity index (χ2n) is 13.9. The molecule has 0 aromatic heterocycles. The molecule has 0 radical (unpaired) electrons. The van der Waals surface area contributed by atoms with Crippen LogP contribution in [-0.4, -0.2) is 30.3 Å². The average Bonchev–Trinajstić information content (AvgIpc) is 3.00. The number of aliphatic hydroxyl groups excluding tert-OH is 1. The molecule has 2 atom stereocenters. The van der Waals surface area contributed by atoms with Crippen LogP contribution in [0, 0.1) is 5.92 Å². The molecule has 0 amide bonds. The van der Waals surface area contributed by atoms with E-state index in [0.717, 1.165) is 0 Å². The molecule has 0 bridgehead atoms. The summed E-state index contributed by atoms with van der Waals surface area (Å²) in [7, 11) is 4.06. The third-order valence-corrected chi connectivity index (χ3v) is 9.37. The lowest BCUT2D eigenvalue weighted by Gasteiger charge is -2.28. The molecule has 0 aliphatic heterocycles. The van der Waals surface area contributed by atoms with Gasteiger partial charge in [0.05, 0.1) is 0 Å². The van der Waals surface area contributed by atoms with Gasteiger partial charge in [0.2, 0.25) is 0 Å². The molecular formula is C41H81NO. The van der Waals surface area contributed by atoms with Crippen molar-refractivity contribution in [3.05, 3.63) is 24.3 Å². The van der Waals surface area contributed by atoms with Crippen molar-refractivity contribution in [2.24, 2.45) is 5.92 Å². The molecule has 0 heterocycles. The zero-order valence-electron chi connectivity index (χ0n) is 30.3. The molecule has 0 aliphatic carbocycles. The molecule has 1 N–H and O–H groups in total. The van der Waals surface area contributed by atoms with Crippen LogP contribution < -0.4 is 0 Å². The maximum Gasteiger partial charge on any atom is 0.109 e. The van der Waals surface area contributed by atoms with Gasteiger partial charge >= 0.3 is 0 Å². The molecule has 0 aliphatic rings. The lowest BCUT2D eigenvalue weighted by Crippen LogP contribution is -2.35. The molecule has 43 heavy (non-hydrogen) atoms. The largest absolute Gasteiger partial charge is 0.378 e. The van der Waals surface area contributed by atoms with Gasteiger partial charge in [-0.05, 0) is 84.2 Å². The van der Waals surface area contributed by atoms with Crippen LogP contribution in [0.4, 0.5) is 0 Å². The minimum Gasteiger partial charge on any atom is -0.378 e. The predicted molar refractivity (Wildman–Crippen MR) is 196 cm³/mol. The van der Waals surface area contributed by atoms with Crippen LogP contribution in [0.15, 0.2) is 24.3 Å². The Hall–Kier alpha value is -0.600. The lowest BCUT2D eigenvalue weighted by atomic mass is 9.92. The number of hydrogen-bond donors (Lipinski definition) is 1. The van der Waals surface area contributed by atoms with Gasteiger partial charge in [-0.25, -0.2) is 0 Å². The number of nitrogens with zero attached hydrogens (tertiary/aromatic N) is 1. The summed E-state index contributed by atoms with van der Waals surface area (Å²) in [4.78, 5) is 2.02. The zero-order chi connectivity index (χ0) is 31.5. The van der Waals surface area contributed by atoms with Crippen LogP contribution in [0.25, 0.3) is 0 Å². The standard InChI is InChI=1S/C41H81NO/c1-5-7-9-11-13-15-17-19-21-23-25-27-29-31-33-35-37-39-40(41(43)42(3)4)38-36-34-32-30-28-26-24-22-20-18-16-14-12-10-8-6-2/h19-22,40-41,43H,5-18,23-39H2,1-4H3. The molecule has 2 unspecified atom stereocenters. The van der Waals surface area contributed by atoms with Crippen molar-refractivity contribution in [1.82, 2.24) is 4.90 Å². The summed E-state index contributed by atoms with van der Waals surface area (Å²) in [6.45, 7) is 4.58. The molecule has 0 saturated carbocycles. The van der Waals surface area contributed by atoms with Crippen LogP contribution in [-0.2, 0) is 0 Å². The van der Waals surface area contributed by atoms with Crippen LogP contribution in [0.2, 0.25) is 0 Å². The molecule has 0 aromatic carbocycles. The first-order valence-electron chi connectivity index (χ1n) is 19.8. The van der Waals surface area contributed by atoms with Crippen molar-refractivity contribution in [2.45, 2.75) is 219 Å². The quantitative estimate of drug-likeness (QED) is 0.0442. The maximum absolute atomic E-state index is 10.8. The monoisotopic (exact) mass is 604 g/mol. The van der Waals surface area contributed by atoms with E-state index in [1.165, 1.54) is 199 Å². The first kappa shape index (κ1) is 42.4. The van der Waals surface area contributed by atoms with E-state index in [9.17, 15) is 5.11 Å². The molecule has 2 nitrogen and oxygen atoms in total. The molecule has 0 spiro atoms. The van der Waals surface area contributed by atoms with Crippen LogP contribution >= 0.6 is 0 Å². The summed E-state index contributed by atoms with van der Waals surface area (Å²) in [6, 6.07) is 0. The molecule has 256 valence electrons. The number of rotatable bonds is 35. The first-order valence-corrected chi connectivity index (χ1v) is 19.8. The molecule has 0 rings (SSSR count).